The molecule has 1 amide bonds. The van der Waals surface area contributed by atoms with Gasteiger partial charge in [-0.05, 0) is 44.0 Å². The SMILES string of the molecule is Cc1ccc(C2C(C#N)=C(N)N(NC(=O)c3ccncc3)C3=C2C(=O)CCC3)s1. The second-order valence-electron chi connectivity index (χ2n) is 6.94. The molecule has 0 spiro atoms. The molecule has 3 heterocycles. The lowest BCUT2D eigenvalue weighted by atomic mass is 9.79. The predicted octanol–water partition coefficient (Wildman–Crippen LogP) is 2.90. The summed E-state index contributed by atoms with van der Waals surface area (Å²) in [6, 6.07) is 9.26. The van der Waals surface area contributed by atoms with Gasteiger partial charge in [-0.2, -0.15) is 5.26 Å². The van der Waals surface area contributed by atoms with Crippen LogP contribution in [0.3, 0.4) is 0 Å². The number of hydrazine groups is 1. The van der Waals surface area contributed by atoms with E-state index in [1.807, 2.05) is 19.1 Å². The third-order valence-corrected chi connectivity index (χ3v) is 6.18. The van der Waals surface area contributed by atoms with Gasteiger partial charge < -0.3 is 5.73 Å². The van der Waals surface area contributed by atoms with Crippen LogP contribution in [0.25, 0.3) is 0 Å². The summed E-state index contributed by atoms with van der Waals surface area (Å²) < 4.78 is 0. The molecular weight excluding hydrogens is 386 g/mol. The molecule has 2 aliphatic rings. The molecule has 2 aromatic rings. The van der Waals surface area contributed by atoms with Crippen LogP contribution >= 0.6 is 11.3 Å². The number of rotatable bonds is 3. The Hall–Kier alpha value is -3.44. The molecule has 1 aliphatic heterocycles. The van der Waals surface area contributed by atoms with E-state index in [0.29, 0.717) is 36.1 Å². The number of pyridine rings is 1. The quantitative estimate of drug-likeness (QED) is 0.812. The smallest absolute Gasteiger partial charge is 0.270 e. The third-order valence-electron chi connectivity index (χ3n) is 5.11. The molecule has 0 fully saturated rings. The number of Topliss-reactive ketones (excluding diaryl/α,β-unsaturated/α-hetero) is 1. The monoisotopic (exact) mass is 405 g/mol. The number of ketones is 1. The highest BCUT2D eigenvalue weighted by atomic mass is 32.1. The van der Waals surface area contributed by atoms with Gasteiger partial charge >= 0.3 is 0 Å². The summed E-state index contributed by atoms with van der Waals surface area (Å²) in [6.07, 6.45) is 4.73. The van der Waals surface area contributed by atoms with Gasteiger partial charge in [0.05, 0.1) is 23.3 Å². The average Bonchev–Trinajstić information content (AvgIpc) is 3.16. The lowest BCUT2D eigenvalue weighted by Crippen LogP contribution is -2.48. The molecule has 1 unspecified atom stereocenters. The van der Waals surface area contributed by atoms with Gasteiger partial charge in [-0.25, -0.2) is 5.01 Å². The van der Waals surface area contributed by atoms with Crippen LogP contribution in [0.5, 0.6) is 0 Å². The zero-order valence-corrected chi connectivity index (χ0v) is 16.6. The van der Waals surface area contributed by atoms with Crippen molar-refractivity contribution in [2.24, 2.45) is 5.73 Å². The molecule has 4 rings (SSSR count). The van der Waals surface area contributed by atoms with Crippen molar-refractivity contribution in [3.8, 4) is 6.07 Å². The Morgan fingerprint density at radius 1 is 1.31 bits per heavy atom. The lowest BCUT2D eigenvalue weighted by molar-refractivity contribution is -0.116. The zero-order valence-electron chi connectivity index (χ0n) is 15.8. The minimum Gasteiger partial charge on any atom is -0.383 e. The molecule has 8 heteroatoms. The Labute approximate surface area is 172 Å². The molecule has 29 heavy (non-hydrogen) atoms. The van der Waals surface area contributed by atoms with Crippen molar-refractivity contribution in [3.05, 3.63) is 74.6 Å². The van der Waals surface area contributed by atoms with Gasteiger partial charge in [0, 0.05) is 39.7 Å². The fourth-order valence-corrected chi connectivity index (χ4v) is 4.77. The number of nitrogens with zero attached hydrogens (tertiary/aromatic N) is 3. The molecular formula is C21H19N5O2S. The van der Waals surface area contributed by atoms with E-state index in [1.165, 1.54) is 17.4 Å². The summed E-state index contributed by atoms with van der Waals surface area (Å²) in [7, 11) is 0. The van der Waals surface area contributed by atoms with E-state index >= 15 is 0 Å². The van der Waals surface area contributed by atoms with Crippen LogP contribution in [0.4, 0.5) is 0 Å². The molecule has 0 bridgehead atoms. The number of hydrogen-bond acceptors (Lipinski definition) is 7. The Balaban J connectivity index is 1.81. The van der Waals surface area contributed by atoms with Crippen molar-refractivity contribution in [2.45, 2.75) is 32.1 Å². The summed E-state index contributed by atoms with van der Waals surface area (Å²) in [6.45, 7) is 1.98. The van der Waals surface area contributed by atoms with Gasteiger partial charge in [0.1, 0.15) is 5.82 Å². The summed E-state index contributed by atoms with van der Waals surface area (Å²) in [5.41, 5.74) is 11.0. The van der Waals surface area contributed by atoms with Gasteiger partial charge in [0.15, 0.2) is 5.78 Å². The average molecular weight is 405 g/mol. The highest BCUT2D eigenvalue weighted by Crippen LogP contribution is 2.45. The van der Waals surface area contributed by atoms with Crippen molar-refractivity contribution < 1.29 is 9.59 Å². The maximum absolute atomic E-state index is 12.9. The van der Waals surface area contributed by atoms with E-state index in [-0.39, 0.29) is 23.1 Å². The number of hydrogen-bond donors (Lipinski definition) is 2. The number of allylic oxidation sites excluding steroid dienone is 3. The topological polar surface area (TPSA) is 112 Å². The van der Waals surface area contributed by atoms with Gasteiger partial charge in [-0.3, -0.25) is 20.0 Å². The van der Waals surface area contributed by atoms with E-state index in [4.69, 9.17) is 5.73 Å². The van der Waals surface area contributed by atoms with Gasteiger partial charge in [-0.15, -0.1) is 11.3 Å². The Morgan fingerprint density at radius 3 is 2.72 bits per heavy atom. The first-order valence-corrected chi connectivity index (χ1v) is 10.1. The van der Waals surface area contributed by atoms with E-state index in [2.05, 4.69) is 16.5 Å². The van der Waals surface area contributed by atoms with Crippen molar-refractivity contribution in [3.63, 3.8) is 0 Å². The van der Waals surface area contributed by atoms with Crippen LogP contribution in [-0.4, -0.2) is 21.7 Å². The summed E-state index contributed by atoms with van der Waals surface area (Å²) in [5.74, 6) is -0.733. The maximum Gasteiger partial charge on any atom is 0.270 e. The molecule has 3 N–H and O–H groups in total. The van der Waals surface area contributed by atoms with Gasteiger partial charge in [0.2, 0.25) is 0 Å². The lowest BCUT2D eigenvalue weighted by Gasteiger charge is -2.38. The molecule has 0 saturated heterocycles. The summed E-state index contributed by atoms with van der Waals surface area (Å²) in [4.78, 5) is 31.5. The zero-order chi connectivity index (χ0) is 20.5. The van der Waals surface area contributed by atoms with Crippen LogP contribution < -0.4 is 11.2 Å². The molecule has 0 aromatic carbocycles. The molecule has 2 aromatic heterocycles. The molecule has 7 nitrogen and oxygen atoms in total. The fraction of sp³-hybridized carbons (Fsp3) is 0.238. The molecule has 0 radical (unpaired) electrons. The first-order chi connectivity index (χ1) is 14.0. The highest BCUT2D eigenvalue weighted by molar-refractivity contribution is 7.12. The molecule has 0 saturated carbocycles. The second-order valence-corrected chi connectivity index (χ2v) is 8.26. The molecule has 1 atom stereocenters. The number of thiophene rings is 1. The molecule has 146 valence electrons. The number of aromatic nitrogens is 1. The van der Waals surface area contributed by atoms with Crippen LogP contribution in [0.2, 0.25) is 0 Å². The standard InChI is InChI=1S/C21H19N5O2S/c1-12-5-6-17(29-12)18-14(11-22)20(23)26(15-3-2-4-16(27)19(15)18)25-21(28)13-7-9-24-10-8-13/h5-10,18H,2-4,23H2,1H3,(H,25,28). The van der Waals surface area contributed by atoms with Crippen molar-refractivity contribution in [1.82, 2.24) is 15.4 Å². The number of nitrogens with two attached hydrogens (primary N) is 1. The number of carbonyl (C=O) groups excluding carboxylic acids is 2. The Kier molecular flexibility index (Phi) is 4.91. The van der Waals surface area contributed by atoms with Crippen LogP contribution in [-0.2, 0) is 4.79 Å². The number of carbonyl (C=O) groups is 2. The minimum absolute atomic E-state index is 0.00860. The second kappa shape index (κ2) is 7.53. The first-order valence-electron chi connectivity index (χ1n) is 9.24. The first kappa shape index (κ1) is 18.9. The van der Waals surface area contributed by atoms with Crippen molar-refractivity contribution in [2.75, 3.05) is 0 Å². The maximum atomic E-state index is 12.9. The minimum atomic E-state index is -0.490. The number of aryl methyl sites for hydroxylation is 1. The van der Waals surface area contributed by atoms with Crippen LogP contribution in [0.1, 0.15) is 45.3 Å². The summed E-state index contributed by atoms with van der Waals surface area (Å²) in [5, 5.41) is 11.3. The normalized spacial score (nSPS) is 19.1. The van der Waals surface area contributed by atoms with E-state index in [9.17, 15) is 14.9 Å². The highest BCUT2D eigenvalue weighted by Gasteiger charge is 2.41. The van der Waals surface area contributed by atoms with E-state index in [1.54, 1.807) is 23.5 Å². The molecule has 1 aliphatic carbocycles. The van der Waals surface area contributed by atoms with Crippen LogP contribution in [0.15, 0.2) is 59.3 Å². The fourth-order valence-electron chi connectivity index (χ4n) is 3.78. The van der Waals surface area contributed by atoms with E-state index in [0.717, 1.165) is 9.75 Å². The number of nitriles is 1. The van der Waals surface area contributed by atoms with E-state index < -0.39 is 5.92 Å². The predicted molar refractivity (Wildman–Crippen MR) is 108 cm³/mol. The number of amides is 1. The summed E-state index contributed by atoms with van der Waals surface area (Å²) >= 11 is 1.55. The third kappa shape index (κ3) is 3.30. The van der Waals surface area contributed by atoms with Crippen LogP contribution in [0, 0.1) is 18.3 Å². The largest absolute Gasteiger partial charge is 0.383 e. The Bertz CT molecular complexity index is 1090. The van der Waals surface area contributed by atoms with Crippen molar-refractivity contribution in [1.29, 1.82) is 5.26 Å². The van der Waals surface area contributed by atoms with Crippen molar-refractivity contribution >= 4 is 23.0 Å². The Morgan fingerprint density at radius 2 is 2.07 bits per heavy atom. The van der Waals surface area contributed by atoms with Gasteiger partial charge in [0.25, 0.3) is 5.91 Å². The van der Waals surface area contributed by atoms with Gasteiger partial charge in [-0.1, -0.05) is 0 Å². The number of nitrogens with one attached hydrogen (secondary N) is 1.